The zero-order valence-electron chi connectivity index (χ0n) is 13.1. The van der Waals surface area contributed by atoms with E-state index < -0.39 is 0 Å². The molecule has 0 spiro atoms. The molecule has 0 aliphatic carbocycles. The van der Waals surface area contributed by atoms with Crippen LogP contribution in [0.2, 0.25) is 0 Å². The molecule has 5 nitrogen and oxygen atoms in total. The van der Waals surface area contributed by atoms with Crippen molar-refractivity contribution in [2.24, 2.45) is 12.8 Å². The van der Waals surface area contributed by atoms with Crippen molar-refractivity contribution >= 4 is 11.7 Å². The van der Waals surface area contributed by atoms with E-state index in [0.717, 1.165) is 23.6 Å². The third kappa shape index (κ3) is 3.07. The highest BCUT2D eigenvalue weighted by atomic mass is 15.4. The Bertz CT molecular complexity index is 628. The summed E-state index contributed by atoms with van der Waals surface area (Å²) in [4.78, 5) is 2.23. The number of nitrogens with two attached hydrogens (primary N) is 1. The van der Waals surface area contributed by atoms with Crippen LogP contribution in [0, 0.1) is 12.3 Å². The van der Waals surface area contributed by atoms with Gasteiger partial charge in [0.05, 0.1) is 11.3 Å². The minimum absolute atomic E-state index is 0.0642. The summed E-state index contributed by atoms with van der Waals surface area (Å²) in [5, 5.41) is 12.3. The SMILES string of the molecule is Cc1nn(C)c(N(Cc2ccccc2)C(C)C)c1C(=N)N. The first kappa shape index (κ1) is 15.1. The summed E-state index contributed by atoms with van der Waals surface area (Å²) in [6.07, 6.45) is 0. The van der Waals surface area contributed by atoms with Crippen molar-refractivity contribution in [1.29, 1.82) is 5.41 Å². The van der Waals surface area contributed by atoms with Crippen LogP contribution >= 0.6 is 0 Å². The van der Waals surface area contributed by atoms with Crippen LogP contribution in [-0.4, -0.2) is 21.7 Å². The standard InChI is InChI=1S/C16H23N5/c1-11(2)21(10-13-8-6-5-7-9-13)16-14(15(17)18)12(3)19-20(16)4/h5-9,11H,10H2,1-4H3,(H3,17,18). The van der Waals surface area contributed by atoms with E-state index in [0.29, 0.717) is 0 Å². The van der Waals surface area contributed by atoms with E-state index in [1.807, 2.05) is 36.9 Å². The molecule has 0 atom stereocenters. The molecule has 0 amide bonds. The molecule has 5 heteroatoms. The van der Waals surface area contributed by atoms with Crippen LogP contribution in [0.15, 0.2) is 30.3 Å². The molecular weight excluding hydrogens is 262 g/mol. The van der Waals surface area contributed by atoms with Crippen molar-refractivity contribution < 1.29 is 0 Å². The fourth-order valence-electron chi connectivity index (χ4n) is 2.57. The lowest BCUT2D eigenvalue weighted by molar-refractivity contribution is 0.634. The third-order valence-electron chi connectivity index (χ3n) is 3.55. The first-order valence-electron chi connectivity index (χ1n) is 7.10. The minimum atomic E-state index is 0.0642. The lowest BCUT2D eigenvalue weighted by Gasteiger charge is -2.30. The number of aromatic nitrogens is 2. The molecule has 3 N–H and O–H groups in total. The van der Waals surface area contributed by atoms with Gasteiger partial charge in [0.2, 0.25) is 0 Å². The van der Waals surface area contributed by atoms with Crippen molar-refractivity contribution in [2.45, 2.75) is 33.4 Å². The van der Waals surface area contributed by atoms with E-state index >= 15 is 0 Å². The van der Waals surface area contributed by atoms with Crippen molar-refractivity contribution in [3.8, 4) is 0 Å². The van der Waals surface area contributed by atoms with Crippen molar-refractivity contribution in [2.75, 3.05) is 4.90 Å². The van der Waals surface area contributed by atoms with Crippen LogP contribution in [0.25, 0.3) is 0 Å². The van der Waals surface area contributed by atoms with Gasteiger partial charge in [-0.3, -0.25) is 10.1 Å². The number of rotatable bonds is 5. The average Bonchev–Trinajstić information content (AvgIpc) is 2.71. The van der Waals surface area contributed by atoms with E-state index in [9.17, 15) is 0 Å². The van der Waals surface area contributed by atoms with Crippen LogP contribution in [0.4, 0.5) is 5.82 Å². The molecule has 2 aromatic rings. The Hall–Kier alpha value is -2.30. The number of amidine groups is 1. The predicted molar refractivity (Wildman–Crippen MR) is 86.7 cm³/mol. The Morgan fingerprint density at radius 3 is 2.48 bits per heavy atom. The number of benzene rings is 1. The highest BCUT2D eigenvalue weighted by molar-refractivity contribution is 6.01. The summed E-state index contributed by atoms with van der Waals surface area (Å²) < 4.78 is 1.81. The molecule has 0 radical (unpaired) electrons. The molecular formula is C16H23N5. The Morgan fingerprint density at radius 2 is 1.95 bits per heavy atom. The number of aryl methyl sites for hydroxylation is 2. The quantitative estimate of drug-likeness (QED) is 0.654. The van der Waals surface area contributed by atoms with Gasteiger partial charge in [-0.05, 0) is 26.3 Å². The zero-order valence-corrected chi connectivity index (χ0v) is 13.1. The molecule has 21 heavy (non-hydrogen) atoms. The van der Waals surface area contributed by atoms with E-state index in [-0.39, 0.29) is 11.9 Å². The Labute approximate surface area is 125 Å². The first-order valence-corrected chi connectivity index (χ1v) is 7.10. The Morgan fingerprint density at radius 1 is 1.33 bits per heavy atom. The van der Waals surface area contributed by atoms with E-state index in [1.165, 1.54) is 5.56 Å². The smallest absolute Gasteiger partial charge is 0.138 e. The Kier molecular flexibility index (Phi) is 4.31. The maximum atomic E-state index is 7.84. The Balaban J connectivity index is 2.46. The molecule has 0 aliphatic heterocycles. The van der Waals surface area contributed by atoms with Gasteiger partial charge in [0.1, 0.15) is 11.7 Å². The lowest BCUT2D eigenvalue weighted by atomic mass is 10.1. The van der Waals surface area contributed by atoms with E-state index in [1.54, 1.807) is 0 Å². The van der Waals surface area contributed by atoms with Gasteiger partial charge < -0.3 is 10.6 Å². The first-order chi connectivity index (χ1) is 9.91. The van der Waals surface area contributed by atoms with Crippen LogP contribution in [-0.2, 0) is 13.6 Å². The largest absolute Gasteiger partial charge is 0.384 e. The molecule has 1 aromatic heterocycles. The lowest BCUT2D eigenvalue weighted by Crippen LogP contribution is -2.33. The van der Waals surface area contributed by atoms with Gasteiger partial charge in [0.15, 0.2) is 0 Å². The van der Waals surface area contributed by atoms with Gasteiger partial charge in [0, 0.05) is 19.6 Å². The van der Waals surface area contributed by atoms with Gasteiger partial charge >= 0.3 is 0 Å². The van der Waals surface area contributed by atoms with E-state index in [2.05, 4.69) is 36.0 Å². The molecule has 1 aromatic carbocycles. The second-order valence-electron chi connectivity index (χ2n) is 5.53. The third-order valence-corrected chi connectivity index (χ3v) is 3.55. The summed E-state index contributed by atoms with van der Waals surface area (Å²) in [6.45, 7) is 6.92. The van der Waals surface area contributed by atoms with Crippen LogP contribution in [0.5, 0.6) is 0 Å². The number of nitrogen functional groups attached to an aromatic ring is 1. The molecule has 0 bridgehead atoms. The molecule has 1 heterocycles. The number of anilines is 1. The van der Waals surface area contributed by atoms with Crippen LogP contribution in [0.3, 0.4) is 0 Å². The topological polar surface area (TPSA) is 70.9 Å². The number of hydrogen-bond acceptors (Lipinski definition) is 3. The maximum Gasteiger partial charge on any atom is 0.138 e. The van der Waals surface area contributed by atoms with Crippen molar-refractivity contribution in [3.63, 3.8) is 0 Å². The van der Waals surface area contributed by atoms with Crippen LogP contribution in [0.1, 0.15) is 30.7 Å². The summed E-state index contributed by atoms with van der Waals surface area (Å²) in [5.41, 5.74) is 8.50. The summed E-state index contributed by atoms with van der Waals surface area (Å²) in [7, 11) is 1.90. The molecule has 2 rings (SSSR count). The molecule has 0 saturated heterocycles. The number of hydrogen-bond donors (Lipinski definition) is 2. The summed E-state index contributed by atoms with van der Waals surface area (Å²) in [6, 6.07) is 10.6. The molecule has 0 fully saturated rings. The highest BCUT2D eigenvalue weighted by Gasteiger charge is 2.23. The van der Waals surface area contributed by atoms with Gasteiger partial charge in [-0.15, -0.1) is 0 Å². The molecule has 0 aliphatic rings. The fraction of sp³-hybridized carbons (Fsp3) is 0.375. The molecule has 0 unspecified atom stereocenters. The van der Waals surface area contributed by atoms with Crippen molar-refractivity contribution in [1.82, 2.24) is 9.78 Å². The second-order valence-corrected chi connectivity index (χ2v) is 5.53. The van der Waals surface area contributed by atoms with Gasteiger partial charge in [-0.25, -0.2) is 0 Å². The van der Waals surface area contributed by atoms with Crippen molar-refractivity contribution in [3.05, 3.63) is 47.2 Å². The fourth-order valence-corrected chi connectivity index (χ4v) is 2.57. The monoisotopic (exact) mass is 285 g/mol. The highest BCUT2D eigenvalue weighted by Crippen LogP contribution is 2.26. The van der Waals surface area contributed by atoms with Gasteiger partial charge in [-0.1, -0.05) is 30.3 Å². The van der Waals surface area contributed by atoms with Crippen LogP contribution < -0.4 is 10.6 Å². The normalized spacial score (nSPS) is 10.9. The van der Waals surface area contributed by atoms with E-state index in [4.69, 9.17) is 11.1 Å². The molecule has 0 saturated carbocycles. The predicted octanol–water partition coefficient (Wildman–Crippen LogP) is 2.43. The number of nitrogens with zero attached hydrogens (tertiary/aromatic N) is 3. The molecule has 112 valence electrons. The summed E-state index contributed by atoms with van der Waals surface area (Å²) >= 11 is 0. The maximum absolute atomic E-state index is 7.84. The zero-order chi connectivity index (χ0) is 15.6. The second kappa shape index (κ2) is 5.99. The van der Waals surface area contributed by atoms with Gasteiger partial charge in [-0.2, -0.15) is 5.10 Å². The van der Waals surface area contributed by atoms with Gasteiger partial charge in [0.25, 0.3) is 0 Å². The average molecular weight is 285 g/mol. The summed E-state index contributed by atoms with van der Waals surface area (Å²) in [5.74, 6) is 0.966. The minimum Gasteiger partial charge on any atom is -0.384 e. The number of nitrogens with one attached hydrogen (secondary N) is 1.